The van der Waals surface area contributed by atoms with Crippen molar-refractivity contribution in [3.8, 4) is 11.1 Å². The highest BCUT2D eigenvalue weighted by Gasteiger charge is 2.37. The minimum Gasteiger partial charge on any atom is -0.368 e. The summed E-state index contributed by atoms with van der Waals surface area (Å²) in [5, 5.41) is 0. The number of hydrogen-bond acceptors (Lipinski definition) is 6. The maximum atomic E-state index is 13.7. The van der Waals surface area contributed by atoms with Gasteiger partial charge in [0.25, 0.3) is 0 Å². The summed E-state index contributed by atoms with van der Waals surface area (Å²) in [7, 11) is 0. The Bertz CT molecular complexity index is 1070. The van der Waals surface area contributed by atoms with Crippen LogP contribution in [0.25, 0.3) is 11.1 Å². The van der Waals surface area contributed by atoms with Crippen molar-refractivity contribution < 1.29 is 13.9 Å². The SMILES string of the molecule is CC(C)(C(=O)N1CCOC(c2ccc(-c3cnc(N)nc3)cn2)C1)c1cccc(F)c1. The summed E-state index contributed by atoms with van der Waals surface area (Å²) in [4.78, 5) is 27.6. The van der Waals surface area contributed by atoms with Gasteiger partial charge in [-0.15, -0.1) is 0 Å². The second-order valence-electron chi connectivity index (χ2n) is 8.05. The second-order valence-corrected chi connectivity index (χ2v) is 8.05. The first kappa shape index (κ1) is 20.9. The van der Waals surface area contributed by atoms with Gasteiger partial charge in [-0.1, -0.05) is 18.2 Å². The number of morpholine rings is 1. The Balaban J connectivity index is 1.49. The first-order chi connectivity index (χ1) is 14.8. The van der Waals surface area contributed by atoms with Crippen molar-refractivity contribution in [2.45, 2.75) is 25.4 Å². The largest absolute Gasteiger partial charge is 0.368 e. The number of carbonyl (C=O) groups excluding carboxylic acids is 1. The van der Waals surface area contributed by atoms with Crippen molar-refractivity contribution in [1.29, 1.82) is 0 Å². The molecule has 2 aromatic heterocycles. The van der Waals surface area contributed by atoms with Crippen LogP contribution in [0.3, 0.4) is 0 Å². The molecule has 1 atom stereocenters. The van der Waals surface area contributed by atoms with Gasteiger partial charge in [0.05, 0.1) is 24.3 Å². The van der Waals surface area contributed by atoms with Gasteiger partial charge in [0, 0.05) is 36.3 Å². The lowest BCUT2D eigenvalue weighted by molar-refractivity contribution is -0.144. The standard InChI is InChI=1S/C23H24FN5O2/c1-23(2,17-4-3-5-18(24)10-17)21(30)29-8-9-31-20(14-29)19-7-6-15(11-26-19)16-12-27-22(25)28-13-16/h3-7,10-13,20H,8-9,14H2,1-2H3,(H2,25,27,28). The molecule has 1 aliphatic rings. The van der Waals surface area contributed by atoms with E-state index in [1.54, 1.807) is 35.6 Å². The number of pyridine rings is 1. The summed E-state index contributed by atoms with van der Waals surface area (Å²) < 4.78 is 19.6. The third-order valence-corrected chi connectivity index (χ3v) is 5.56. The van der Waals surface area contributed by atoms with E-state index in [1.165, 1.54) is 12.1 Å². The van der Waals surface area contributed by atoms with Crippen LogP contribution < -0.4 is 5.73 Å². The average Bonchev–Trinajstić information content (AvgIpc) is 2.79. The van der Waals surface area contributed by atoms with Gasteiger partial charge < -0.3 is 15.4 Å². The monoisotopic (exact) mass is 421 g/mol. The van der Waals surface area contributed by atoms with Crippen LogP contribution in [0.15, 0.2) is 55.0 Å². The van der Waals surface area contributed by atoms with Crippen LogP contribution in [0.5, 0.6) is 0 Å². The maximum Gasteiger partial charge on any atom is 0.232 e. The van der Waals surface area contributed by atoms with Gasteiger partial charge in [-0.05, 0) is 37.6 Å². The average molecular weight is 421 g/mol. The molecule has 7 nitrogen and oxygen atoms in total. The van der Waals surface area contributed by atoms with Gasteiger partial charge in [0.2, 0.25) is 11.9 Å². The van der Waals surface area contributed by atoms with E-state index in [2.05, 4.69) is 15.0 Å². The van der Waals surface area contributed by atoms with E-state index in [0.717, 1.165) is 16.8 Å². The number of anilines is 1. The minimum atomic E-state index is -0.851. The van der Waals surface area contributed by atoms with Crippen LogP contribution in [0.1, 0.15) is 31.2 Å². The predicted molar refractivity (Wildman–Crippen MR) is 114 cm³/mol. The highest BCUT2D eigenvalue weighted by molar-refractivity contribution is 5.87. The molecule has 31 heavy (non-hydrogen) atoms. The zero-order valence-electron chi connectivity index (χ0n) is 17.5. The molecule has 0 radical (unpaired) electrons. The molecule has 3 aromatic rings. The van der Waals surface area contributed by atoms with E-state index in [1.807, 2.05) is 26.0 Å². The summed E-state index contributed by atoms with van der Waals surface area (Å²) in [6, 6.07) is 9.98. The number of rotatable bonds is 4. The number of amides is 1. The van der Waals surface area contributed by atoms with Crippen LogP contribution in [-0.4, -0.2) is 45.5 Å². The highest BCUT2D eigenvalue weighted by Crippen LogP contribution is 2.30. The molecular weight excluding hydrogens is 397 g/mol. The molecule has 2 N–H and O–H groups in total. The molecule has 1 unspecified atom stereocenters. The number of hydrogen-bond donors (Lipinski definition) is 1. The molecule has 0 saturated carbocycles. The molecule has 1 fully saturated rings. The quantitative estimate of drug-likeness (QED) is 0.696. The van der Waals surface area contributed by atoms with Gasteiger partial charge in [-0.25, -0.2) is 14.4 Å². The lowest BCUT2D eigenvalue weighted by Gasteiger charge is -2.37. The summed E-state index contributed by atoms with van der Waals surface area (Å²) in [6.07, 6.45) is 4.68. The lowest BCUT2D eigenvalue weighted by Crippen LogP contribution is -2.49. The van der Waals surface area contributed by atoms with Crippen LogP contribution in [0.2, 0.25) is 0 Å². The van der Waals surface area contributed by atoms with Gasteiger partial charge in [-0.3, -0.25) is 9.78 Å². The fourth-order valence-electron chi connectivity index (χ4n) is 3.66. The number of nitrogen functional groups attached to an aromatic ring is 1. The van der Waals surface area contributed by atoms with Crippen molar-refractivity contribution in [3.05, 3.63) is 72.1 Å². The van der Waals surface area contributed by atoms with E-state index >= 15 is 0 Å². The van der Waals surface area contributed by atoms with E-state index in [-0.39, 0.29) is 23.8 Å². The van der Waals surface area contributed by atoms with Gasteiger partial charge in [0.15, 0.2) is 0 Å². The zero-order valence-corrected chi connectivity index (χ0v) is 17.5. The first-order valence-electron chi connectivity index (χ1n) is 10.1. The molecule has 3 heterocycles. The molecule has 0 spiro atoms. The zero-order chi connectivity index (χ0) is 22.0. The number of aromatic nitrogens is 3. The van der Waals surface area contributed by atoms with Crippen LogP contribution in [-0.2, 0) is 14.9 Å². The van der Waals surface area contributed by atoms with E-state index in [4.69, 9.17) is 10.5 Å². The fourth-order valence-corrected chi connectivity index (χ4v) is 3.66. The van der Waals surface area contributed by atoms with Crippen LogP contribution in [0, 0.1) is 5.82 Å². The topological polar surface area (TPSA) is 94.2 Å². The van der Waals surface area contributed by atoms with E-state index in [9.17, 15) is 9.18 Å². The van der Waals surface area contributed by atoms with Crippen molar-refractivity contribution >= 4 is 11.9 Å². The Morgan fingerprint density at radius 3 is 2.55 bits per heavy atom. The van der Waals surface area contributed by atoms with Crippen LogP contribution >= 0.6 is 0 Å². The smallest absolute Gasteiger partial charge is 0.232 e. The van der Waals surface area contributed by atoms with Crippen molar-refractivity contribution in [2.75, 3.05) is 25.4 Å². The number of benzene rings is 1. The summed E-state index contributed by atoms with van der Waals surface area (Å²) in [5.41, 5.74) is 7.74. The van der Waals surface area contributed by atoms with Gasteiger partial charge in [-0.2, -0.15) is 0 Å². The molecule has 160 valence electrons. The molecule has 1 aromatic carbocycles. The molecule has 4 rings (SSSR count). The number of nitrogens with two attached hydrogens (primary N) is 1. The Morgan fingerprint density at radius 1 is 1.13 bits per heavy atom. The Labute approximate surface area is 180 Å². The van der Waals surface area contributed by atoms with Gasteiger partial charge in [0.1, 0.15) is 11.9 Å². The summed E-state index contributed by atoms with van der Waals surface area (Å²) in [6.45, 7) is 4.90. The predicted octanol–water partition coefficient (Wildman–Crippen LogP) is 3.14. The normalized spacial score (nSPS) is 16.9. The molecular formula is C23H24FN5O2. The Kier molecular flexibility index (Phi) is 5.65. The third-order valence-electron chi connectivity index (χ3n) is 5.56. The molecule has 1 amide bonds. The van der Waals surface area contributed by atoms with E-state index < -0.39 is 5.41 Å². The van der Waals surface area contributed by atoms with Gasteiger partial charge >= 0.3 is 0 Å². The number of halogens is 1. The molecule has 1 saturated heterocycles. The molecule has 8 heteroatoms. The molecule has 0 bridgehead atoms. The molecule has 1 aliphatic heterocycles. The lowest BCUT2D eigenvalue weighted by atomic mass is 9.83. The van der Waals surface area contributed by atoms with E-state index in [0.29, 0.717) is 25.3 Å². The third kappa shape index (κ3) is 4.39. The van der Waals surface area contributed by atoms with Crippen LogP contribution in [0.4, 0.5) is 10.3 Å². The number of ether oxygens (including phenoxy) is 1. The second kappa shape index (κ2) is 8.39. The molecule has 0 aliphatic carbocycles. The fraction of sp³-hybridized carbons (Fsp3) is 0.304. The highest BCUT2D eigenvalue weighted by atomic mass is 19.1. The Morgan fingerprint density at radius 2 is 1.87 bits per heavy atom. The first-order valence-corrected chi connectivity index (χ1v) is 10.1. The summed E-state index contributed by atoms with van der Waals surface area (Å²) in [5.74, 6) is -0.203. The number of nitrogens with zero attached hydrogens (tertiary/aromatic N) is 4. The van der Waals surface area contributed by atoms with Crippen molar-refractivity contribution in [3.63, 3.8) is 0 Å². The van der Waals surface area contributed by atoms with Crippen molar-refractivity contribution in [1.82, 2.24) is 19.9 Å². The van der Waals surface area contributed by atoms with Crippen molar-refractivity contribution in [2.24, 2.45) is 0 Å². The Hall–Kier alpha value is -3.39. The number of carbonyl (C=O) groups is 1. The maximum absolute atomic E-state index is 13.7. The summed E-state index contributed by atoms with van der Waals surface area (Å²) >= 11 is 0. The minimum absolute atomic E-state index is 0.0676.